The van der Waals surface area contributed by atoms with Crippen LogP contribution in [0.1, 0.15) is 52.7 Å². The Bertz CT molecular complexity index is 1170. The molecule has 0 saturated heterocycles. The molecule has 1 N–H and O–H groups in total. The predicted octanol–water partition coefficient (Wildman–Crippen LogP) is 6.33. The maximum Gasteiger partial charge on any atom is 0.244 e. The van der Waals surface area contributed by atoms with Crippen molar-refractivity contribution in [3.05, 3.63) is 72.3 Å². The summed E-state index contributed by atoms with van der Waals surface area (Å²) < 4.78 is 34.4. The second-order valence-corrected chi connectivity index (χ2v) is 18.0. The Kier molecular flexibility index (Phi) is 10.8. The third-order valence-corrected chi connectivity index (χ3v) is 15.5. The molecular formula is C30H43NO4SSi. The van der Waals surface area contributed by atoms with Crippen molar-refractivity contribution in [1.29, 1.82) is 0 Å². The number of benzene rings is 2. The monoisotopic (exact) mass is 541 g/mol. The Hall–Kier alpha value is -2.37. The van der Waals surface area contributed by atoms with Gasteiger partial charge in [0.2, 0.25) is 10.0 Å². The Labute approximate surface area is 225 Å². The van der Waals surface area contributed by atoms with Crippen LogP contribution < -0.4 is 4.74 Å². The molecule has 0 aliphatic carbocycles. The van der Waals surface area contributed by atoms with Crippen LogP contribution in [0.5, 0.6) is 5.75 Å². The van der Waals surface area contributed by atoms with Gasteiger partial charge >= 0.3 is 0 Å². The highest BCUT2D eigenvalue weighted by molar-refractivity contribution is 7.89. The number of aliphatic hydroxyl groups is 1. The van der Waals surface area contributed by atoms with Crippen molar-refractivity contribution < 1.29 is 18.3 Å². The predicted molar refractivity (Wildman–Crippen MR) is 156 cm³/mol. The van der Waals surface area contributed by atoms with Gasteiger partial charge in [-0.25, -0.2) is 8.42 Å². The minimum Gasteiger partial charge on any atom is -0.497 e. The molecule has 37 heavy (non-hydrogen) atoms. The number of aliphatic hydroxyl groups excluding tert-OH is 1. The van der Waals surface area contributed by atoms with E-state index in [-0.39, 0.29) is 11.4 Å². The quantitative estimate of drug-likeness (QED) is 0.205. The second-order valence-electron chi connectivity index (χ2n) is 10.5. The minimum atomic E-state index is -3.98. The molecule has 2 aromatic carbocycles. The van der Waals surface area contributed by atoms with Crippen LogP contribution in [0.2, 0.25) is 16.6 Å². The van der Waals surface area contributed by atoms with Crippen LogP contribution in [0.25, 0.3) is 0 Å². The minimum absolute atomic E-state index is 0.0523. The van der Waals surface area contributed by atoms with E-state index in [1.54, 1.807) is 43.5 Å². The number of hydrogen-bond acceptors (Lipinski definition) is 4. The summed E-state index contributed by atoms with van der Waals surface area (Å²) in [5.74, 6) is 3.79. The van der Waals surface area contributed by atoms with E-state index < -0.39 is 30.2 Å². The van der Waals surface area contributed by atoms with E-state index in [0.717, 1.165) is 11.1 Å². The fourth-order valence-electron chi connectivity index (χ4n) is 5.23. The van der Waals surface area contributed by atoms with E-state index in [0.29, 0.717) is 22.4 Å². The lowest BCUT2D eigenvalue weighted by Gasteiger charge is -2.38. The second kappa shape index (κ2) is 12.9. The van der Waals surface area contributed by atoms with E-state index in [9.17, 15) is 13.5 Å². The smallest absolute Gasteiger partial charge is 0.244 e. The molecule has 0 amide bonds. The van der Waals surface area contributed by atoms with Crippen molar-refractivity contribution in [2.24, 2.45) is 0 Å². The molecule has 5 nitrogen and oxygen atoms in total. The molecule has 2 aromatic rings. The first-order chi connectivity index (χ1) is 17.3. The maximum atomic E-state index is 13.9. The zero-order chi connectivity index (χ0) is 28.0. The molecule has 7 heteroatoms. The number of hydrogen-bond donors (Lipinski definition) is 1. The lowest BCUT2D eigenvalue weighted by atomic mass is 10.1. The third kappa shape index (κ3) is 6.94. The molecule has 0 aliphatic heterocycles. The van der Waals surface area contributed by atoms with Crippen LogP contribution >= 0.6 is 0 Å². The van der Waals surface area contributed by atoms with E-state index in [1.165, 1.54) is 10.4 Å². The summed E-state index contributed by atoms with van der Waals surface area (Å²) in [4.78, 5) is 0.161. The molecular weight excluding hydrogens is 498 g/mol. The Morgan fingerprint density at radius 1 is 0.973 bits per heavy atom. The molecule has 0 unspecified atom stereocenters. The van der Waals surface area contributed by atoms with Gasteiger partial charge in [-0.2, -0.15) is 4.31 Å². The number of nitrogens with zero attached hydrogens (tertiary/aromatic N) is 1. The summed E-state index contributed by atoms with van der Waals surface area (Å²) in [6.45, 7) is 19.1. The Balaban J connectivity index is 2.60. The fraction of sp³-hybridized carbons (Fsp3) is 0.467. The van der Waals surface area contributed by atoms with Crippen molar-refractivity contribution in [2.75, 3.05) is 7.11 Å². The van der Waals surface area contributed by atoms with Crippen molar-refractivity contribution in [2.45, 2.75) is 88.7 Å². The number of rotatable bonds is 11. The molecule has 0 radical (unpaired) electrons. The van der Waals surface area contributed by atoms with Gasteiger partial charge in [0.15, 0.2) is 0 Å². The first-order valence-electron chi connectivity index (χ1n) is 12.9. The summed E-state index contributed by atoms with van der Waals surface area (Å²) in [6.07, 6.45) is 0.261. The molecule has 0 fully saturated rings. The highest BCUT2D eigenvalue weighted by Crippen LogP contribution is 2.40. The molecule has 0 spiro atoms. The van der Waals surface area contributed by atoms with Gasteiger partial charge in [-0.05, 0) is 53.4 Å². The van der Waals surface area contributed by atoms with Gasteiger partial charge in [0, 0.05) is 6.54 Å². The maximum absolute atomic E-state index is 13.9. The van der Waals surface area contributed by atoms with Gasteiger partial charge in [-0.3, -0.25) is 0 Å². The summed E-state index contributed by atoms with van der Waals surface area (Å²) >= 11 is 0. The Morgan fingerprint density at radius 3 is 1.92 bits per heavy atom. The normalized spacial score (nSPS) is 14.0. The summed E-state index contributed by atoms with van der Waals surface area (Å²) in [7, 11) is -4.51. The van der Waals surface area contributed by atoms with Gasteiger partial charge in [0.25, 0.3) is 0 Å². The molecule has 0 heterocycles. The van der Waals surface area contributed by atoms with E-state index in [2.05, 4.69) is 59.6 Å². The highest BCUT2D eigenvalue weighted by atomic mass is 32.2. The molecule has 2 atom stereocenters. The Morgan fingerprint density at radius 2 is 1.49 bits per heavy atom. The molecule has 0 aliphatic rings. The average Bonchev–Trinajstić information content (AvgIpc) is 2.84. The van der Waals surface area contributed by atoms with Crippen LogP contribution in [-0.4, -0.2) is 45.2 Å². The van der Waals surface area contributed by atoms with Crippen LogP contribution in [0.15, 0.2) is 66.1 Å². The number of methoxy groups -OCH3 is 1. The van der Waals surface area contributed by atoms with Crippen LogP contribution in [0.3, 0.4) is 0 Å². The zero-order valence-electron chi connectivity index (χ0n) is 23.5. The van der Waals surface area contributed by atoms with Gasteiger partial charge < -0.3 is 9.84 Å². The average molecular weight is 542 g/mol. The molecule has 2 rings (SSSR count). The standard InChI is InChI=1S/C30H43NO4SSi/c1-10-29(30(32)19-20-37(22(2)3,23(4)5)24(6)7)31(21-26-13-15-27(35-9)16-14-26)36(33,34)28-17-11-25(8)12-18-28/h10-18,22-24,29-30,32H,1,21H2,2-9H3/t29-,30+/m0/s1. The highest BCUT2D eigenvalue weighted by Gasteiger charge is 2.42. The summed E-state index contributed by atoms with van der Waals surface area (Å²) in [6, 6.07) is 13.0. The SMILES string of the molecule is C=C[C@@H]([C@H](O)C#C[Si](C(C)C)(C(C)C)C(C)C)N(Cc1ccc(OC)cc1)S(=O)(=O)c1ccc(C)cc1. The van der Waals surface area contributed by atoms with Crippen LogP contribution in [0.4, 0.5) is 0 Å². The first kappa shape index (κ1) is 30.8. The third-order valence-electron chi connectivity index (χ3n) is 7.33. The van der Waals surface area contributed by atoms with Gasteiger partial charge in [0.1, 0.15) is 19.9 Å². The van der Waals surface area contributed by atoms with Gasteiger partial charge in [-0.15, -0.1) is 12.1 Å². The van der Waals surface area contributed by atoms with Crippen molar-refractivity contribution in [1.82, 2.24) is 4.31 Å². The molecule has 0 saturated carbocycles. The van der Waals surface area contributed by atoms with Gasteiger partial charge in [-0.1, -0.05) is 83.4 Å². The summed E-state index contributed by atoms with van der Waals surface area (Å²) in [5.41, 5.74) is 6.43. The van der Waals surface area contributed by atoms with E-state index in [4.69, 9.17) is 4.74 Å². The van der Waals surface area contributed by atoms with Crippen LogP contribution in [-0.2, 0) is 16.6 Å². The number of aryl methyl sites for hydroxylation is 1. The number of ether oxygens (including phenoxy) is 1. The lowest BCUT2D eigenvalue weighted by Crippen LogP contribution is -2.46. The van der Waals surface area contributed by atoms with Crippen molar-refractivity contribution >= 4 is 18.1 Å². The van der Waals surface area contributed by atoms with Crippen LogP contribution in [0, 0.1) is 18.4 Å². The van der Waals surface area contributed by atoms with Crippen molar-refractivity contribution in [3.8, 4) is 17.2 Å². The molecule has 0 bridgehead atoms. The van der Waals surface area contributed by atoms with Gasteiger partial charge in [0.05, 0.1) is 18.0 Å². The number of sulfonamides is 1. The van der Waals surface area contributed by atoms with E-state index in [1.807, 2.05) is 19.1 Å². The first-order valence-corrected chi connectivity index (χ1v) is 16.5. The molecule has 0 aromatic heterocycles. The topological polar surface area (TPSA) is 66.8 Å². The summed E-state index contributed by atoms with van der Waals surface area (Å²) in [5, 5.41) is 11.4. The largest absolute Gasteiger partial charge is 0.497 e. The lowest BCUT2D eigenvalue weighted by molar-refractivity contribution is 0.157. The van der Waals surface area contributed by atoms with E-state index >= 15 is 0 Å². The fourth-order valence-corrected chi connectivity index (χ4v) is 12.1. The molecule has 202 valence electrons. The van der Waals surface area contributed by atoms with Crippen molar-refractivity contribution in [3.63, 3.8) is 0 Å². The zero-order valence-corrected chi connectivity index (χ0v) is 25.3.